The lowest BCUT2D eigenvalue weighted by molar-refractivity contribution is -0.121. The maximum absolute atomic E-state index is 11.8. The normalized spacial score (nSPS) is 12.0. The summed E-state index contributed by atoms with van der Waals surface area (Å²) in [5, 5.41) is 0. The van der Waals surface area contributed by atoms with Gasteiger partial charge in [-0.3, -0.25) is 4.79 Å². The average molecular weight is 390 g/mol. The fraction of sp³-hybridized carbons (Fsp3) is 0.350. The fourth-order valence-electron chi connectivity index (χ4n) is 2.82. The lowest BCUT2D eigenvalue weighted by Gasteiger charge is -2.15. The van der Waals surface area contributed by atoms with Crippen molar-refractivity contribution in [2.24, 2.45) is 11.7 Å². The Balaban J connectivity index is 2.07. The smallest absolute Gasteiger partial charge is 0.220 e. The minimum absolute atomic E-state index is 0.165. The molecule has 0 aliphatic rings. The number of methoxy groups -OCH3 is 1. The van der Waals surface area contributed by atoms with Crippen molar-refractivity contribution >= 4 is 21.8 Å². The fourth-order valence-corrected chi connectivity index (χ4v) is 3.34. The molecule has 0 aromatic heterocycles. The van der Waals surface area contributed by atoms with E-state index in [0.29, 0.717) is 6.42 Å². The molecule has 0 saturated carbocycles. The SMILES string of the molecule is COc1cc(Br)c(CCC(Cc2ccc(C)cc2)C(N)=O)cc1C. The maximum Gasteiger partial charge on any atom is 0.220 e. The standard InChI is InChI=1S/C20H24BrNO2/c1-13-4-6-15(7-5-13)11-17(20(22)23)9-8-16-10-14(2)19(24-3)12-18(16)21/h4-7,10,12,17H,8-9,11H2,1-3H3,(H2,22,23). The van der Waals surface area contributed by atoms with E-state index < -0.39 is 0 Å². The zero-order valence-electron chi connectivity index (χ0n) is 14.4. The molecule has 0 saturated heterocycles. The monoisotopic (exact) mass is 389 g/mol. The van der Waals surface area contributed by atoms with E-state index in [1.54, 1.807) is 7.11 Å². The second-order valence-corrected chi connectivity index (χ2v) is 7.10. The number of halogens is 1. The van der Waals surface area contributed by atoms with Crippen molar-refractivity contribution in [1.82, 2.24) is 0 Å². The molecule has 128 valence electrons. The molecule has 24 heavy (non-hydrogen) atoms. The first-order valence-electron chi connectivity index (χ1n) is 8.08. The van der Waals surface area contributed by atoms with Crippen LogP contribution < -0.4 is 10.5 Å². The first kappa shape index (κ1) is 18.5. The Morgan fingerprint density at radius 1 is 1.21 bits per heavy atom. The molecule has 3 nitrogen and oxygen atoms in total. The molecule has 0 bridgehead atoms. The van der Waals surface area contributed by atoms with Gasteiger partial charge in [0, 0.05) is 10.4 Å². The predicted octanol–water partition coefficient (Wildman–Crippen LogP) is 4.35. The van der Waals surface area contributed by atoms with Crippen molar-refractivity contribution in [1.29, 1.82) is 0 Å². The minimum atomic E-state index is -0.239. The number of hydrogen-bond donors (Lipinski definition) is 1. The summed E-state index contributed by atoms with van der Waals surface area (Å²) in [5.74, 6) is 0.454. The zero-order chi connectivity index (χ0) is 17.7. The minimum Gasteiger partial charge on any atom is -0.496 e. The van der Waals surface area contributed by atoms with Crippen molar-refractivity contribution < 1.29 is 9.53 Å². The summed E-state index contributed by atoms with van der Waals surface area (Å²) in [7, 11) is 1.67. The summed E-state index contributed by atoms with van der Waals surface area (Å²) >= 11 is 3.59. The third-order valence-corrected chi connectivity index (χ3v) is 5.07. The van der Waals surface area contributed by atoms with Gasteiger partial charge in [0.2, 0.25) is 5.91 Å². The van der Waals surface area contributed by atoms with Gasteiger partial charge in [0.1, 0.15) is 5.75 Å². The molecule has 2 aromatic rings. The van der Waals surface area contributed by atoms with E-state index in [1.807, 2.05) is 13.0 Å². The molecule has 0 fully saturated rings. The second kappa shape index (κ2) is 8.34. The number of carbonyl (C=O) groups is 1. The number of carbonyl (C=O) groups excluding carboxylic acids is 1. The highest BCUT2D eigenvalue weighted by molar-refractivity contribution is 9.10. The van der Waals surface area contributed by atoms with Crippen LogP contribution in [-0.2, 0) is 17.6 Å². The number of aryl methyl sites for hydroxylation is 3. The van der Waals surface area contributed by atoms with Crippen LogP contribution in [-0.4, -0.2) is 13.0 Å². The van der Waals surface area contributed by atoms with E-state index in [2.05, 4.69) is 53.2 Å². The van der Waals surface area contributed by atoms with Crippen molar-refractivity contribution in [3.8, 4) is 5.75 Å². The molecule has 0 aliphatic carbocycles. The molecule has 1 unspecified atom stereocenters. The van der Waals surface area contributed by atoms with Gasteiger partial charge in [-0.2, -0.15) is 0 Å². The van der Waals surface area contributed by atoms with Gasteiger partial charge in [0.15, 0.2) is 0 Å². The quantitative estimate of drug-likeness (QED) is 0.764. The van der Waals surface area contributed by atoms with E-state index in [9.17, 15) is 4.79 Å². The molecule has 1 atom stereocenters. The van der Waals surface area contributed by atoms with Gasteiger partial charge < -0.3 is 10.5 Å². The Hall–Kier alpha value is -1.81. The predicted molar refractivity (Wildman–Crippen MR) is 101 cm³/mol. The lowest BCUT2D eigenvalue weighted by atomic mass is 9.91. The van der Waals surface area contributed by atoms with Crippen LogP contribution in [0.5, 0.6) is 5.75 Å². The molecule has 0 heterocycles. The van der Waals surface area contributed by atoms with Crippen molar-refractivity contribution in [2.75, 3.05) is 7.11 Å². The zero-order valence-corrected chi connectivity index (χ0v) is 16.0. The number of nitrogens with two attached hydrogens (primary N) is 1. The van der Waals surface area contributed by atoms with Gasteiger partial charge in [-0.1, -0.05) is 51.8 Å². The van der Waals surface area contributed by atoms with Crippen LogP contribution in [0.1, 0.15) is 28.7 Å². The molecular formula is C20H24BrNO2. The van der Waals surface area contributed by atoms with E-state index in [0.717, 1.165) is 34.2 Å². The Morgan fingerprint density at radius 2 is 1.88 bits per heavy atom. The number of hydrogen-bond acceptors (Lipinski definition) is 2. The van der Waals surface area contributed by atoms with Gasteiger partial charge in [-0.15, -0.1) is 0 Å². The van der Waals surface area contributed by atoms with Crippen LogP contribution in [0, 0.1) is 19.8 Å². The van der Waals surface area contributed by atoms with Gasteiger partial charge in [-0.05, 0) is 55.9 Å². The molecule has 2 N–H and O–H groups in total. The Labute approximate surface area is 152 Å². The van der Waals surface area contributed by atoms with Crippen LogP contribution in [0.25, 0.3) is 0 Å². The highest BCUT2D eigenvalue weighted by Crippen LogP contribution is 2.29. The van der Waals surface area contributed by atoms with E-state index in [4.69, 9.17) is 10.5 Å². The summed E-state index contributed by atoms with van der Waals surface area (Å²) in [4.78, 5) is 11.8. The Morgan fingerprint density at radius 3 is 2.46 bits per heavy atom. The number of benzene rings is 2. The third kappa shape index (κ3) is 4.84. The van der Waals surface area contributed by atoms with E-state index in [1.165, 1.54) is 11.1 Å². The summed E-state index contributed by atoms with van der Waals surface area (Å²) in [5.41, 5.74) is 10.2. The molecule has 0 aliphatic heterocycles. The highest BCUT2D eigenvalue weighted by atomic mass is 79.9. The number of amides is 1. The largest absolute Gasteiger partial charge is 0.496 e. The first-order valence-corrected chi connectivity index (χ1v) is 8.88. The van der Waals surface area contributed by atoms with Crippen molar-refractivity contribution in [2.45, 2.75) is 33.1 Å². The molecular weight excluding hydrogens is 366 g/mol. The van der Waals surface area contributed by atoms with Crippen LogP contribution in [0.15, 0.2) is 40.9 Å². The first-order chi connectivity index (χ1) is 11.4. The van der Waals surface area contributed by atoms with Gasteiger partial charge in [-0.25, -0.2) is 0 Å². The van der Waals surface area contributed by atoms with E-state index >= 15 is 0 Å². The number of rotatable bonds is 7. The number of primary amides is 1. The van der Waals surface area contributed by atoms with Gasteiger partial charge >= 0.3 is 0 Å². The second-order valence-electron chi connectivity index (χ2n) is 6.24. The third-order valence-electron chi connectivity index (χ3n) is 4.33. The van der Waals surface area contributed by atoms with Crippen LogP contribution in [0.4, 0.5) is 0 Å². The van der Waals surface area contributed by atoms with Crippen molar-refractivity contribution in [3.05, 3.63) is 63.1 Å². The average Bonchev–Trinajstić information content (AvgIpc) is 2.55. The maximum atomic E-state index is 11.8. The molecule has 1 amide bonds. The van der Waals surface area contributed by atoms with Gasteiger partial charge in [0.05, 0.1) is 7.11 Å². The molecule has 0 radical (unpaired) electrons. The molecule has 2 aromatic carbocycles. The number of ether oxygens (including phenoxy) is 1. The topological polar surface area (TPSA) is 52.3 Å². The molecule has 0 spiro atoms. The van der Waals surface area contributed by atoms with E-state index in [-0.39, 0.29) is 11.8 Å². The molecule has 4 heteroatoms. The molecule has 2 rings (SSSR count). The Bertz CT molecular complexity index is 710. The highest BCUT2D eigenvalue weighted by Gasteiger charge is 2.17. The Kier molecular flexibility index (Phi) is 6.44. The van der Waals surface area contributed by atoms with Gasteiger partial charge in [0.25, 0.3) is 0 Å². The summed E-state index contributed by atoms with van der Waals surface area (Å²) in [6.45, 7) is 4.07. The van der Waals surface area contributed by atoms with Crippen LogP contribution >= 0.6 is 15.9 Å². The summed E-state index contributed by atoms with van der Waals surface area (Å²) < 4.78 is 6.33. The van der Waals surface area contributed by atoms with Crippen LogP contribution in [0.2, 0.25) is 0 Å². The summed E-state index contributed by atoms with van der Waals surface area (Å²) in [6, 6.07) is 12.3. The lowest BCUT2D eigenvalue weighted by Crippen LogP contribution is -2.25. The van der Waals surface area contributed by atoms with Crippen LogP contribution in [0.3, 0.4) is 0 Å². The summed E-state index contributed by atoms with van der Waals surface area (Å²) in [6.07, 6.45) is 2.21. The van der Waals surface area contributed by atoms with Crippen molar-refractivity contribution in [3.63, 3.8) is 0 Å².